The van der Waals surface area contributed by atoms with Gasteiger partial charge in [-0.3, -0.25) is 4.90 Å². The summed E-state index contributed by atoms with van der Waals surface area (Å²) in [5.41, 5.74) is 2.51. The number of carbonyl (C=O) groups is 1. The first-order valence-corrected chi connectivity index (χ1v) is 14.6. The molecule has 214 valence electrons. The number of morpholine rings is 1. The number of nitrogens with zero attached hydrogens (tertiary/aromatic N) is 2. The molecule has 0 unspecified atom stereocenters. The highest BCUT2D eigenvalue weighted by Crippen LogP contribution is 2.54. The lowest BCUT2D eigenvalue weighted by atomic mass is 9.53. The van der Waals surface area contributed by atoms with Gasteiger partial charge in [-0.05, 0) is 97.0 Å². The van der Waals surface area contributed by atoms with Crippen LogP contribution in [0.25, 0.3) is 0 Å². The number of fused-ring (bicyclic) bond motifs is 3. The first-order chi connectivity index (χ1) is 19.3. The first-order valence-electron chi connectivity index (χ1n) is 14.2. The third-order valence-corrected chi connectivity index (χ3v) is 8.92. The lowest BCUT2D eigenvalue weighted by Crippen LogP contribution is -2.50. The summed E-state index contributed by atoms with van der Waals surface area (Å²) in [7, 11) is 3.34. The molecule has 2 aromatic carbocycles. The van der Waals surface area contributed by atoms with Crippen molar-refractivity contribution in [2.24, 2.45) is 5.92 Å². The molecule has 5 rings (SSSR count). The number of carbonyl (C=O) groups excluding carboxylic acids is 1. The topological polar surface area (TPSA) is 71.5 Å². The molecule has 1 saturated heterocycles. The summed E-state index contributed by atoms with van der Waals surface area (Å²) in [5.74, 6) is 4.52. The van der Waals surface area contributed by atoms with Gasteiger partial charge in [0.2, 0.25) is 0 Å². The van der Waals surface area contributed by atoms with E-state index in [9.17, 15) is 9.90 Å². The number of ether oxygens (including phenoxy) is 3. The lowest BCUT2D eigenvalue weighted by Gasteiger charge is -2.52. The van der Waals surface area contributed by atoms with Crippen molar-refractivity contribution in [3.05, 3.63) is 59.2 Å². The number of amides is 1. The summed E-state index contributed by atoms with van der Waals surface area (Å²) in [6.45, 7) is 5.01. The second-order valence-corrected chi connectivity index (χ2v) is 11.7. The van der Waals surface area contributed by atoms with Crippen LogP contribution < -0.4 is 9.47 Å². The van der Waals surface area contributed by atoms with Crippen LogP contribution in [0, 0.1) is 17.2 Å². The quantitative estimate of drug-likeness (QED) is 0.478. The highest BCUT2D eigenvalue weighted by Gasteiger charge is 2.51. The molecule has 1 aliphatic heterocycles. The molecule has 8 heteroatoms. The fourth-order valence-corrected chi connectivity index (χ4v) is 6.82. The third-order valence-electron chi connectivity index (χ3n) is 8.83. The van der Waals surface area contributed by atoms with Crippen molar-refractivity contribution >= 4 is 17.7 Å². The van der Waals surface area contributed by atoms with Gasteiger partial charge in [-0.25, -0.2) is 4.79 Å². The average molecular weight is 567 g/mol. The smallest absolute Gasteiger partial charge is 0.414 e. The summed E-state index contributed by atoms with van der Waals surface area (Å²) in [4.78, 5) is 16.0. The van der Waals surface area contributed by atoms with Crippen molar-refractivity contribution in [3.63, 3.8) is 0 Å². The zero-order chi connectivity index (χ0) is 28.2. The monoisotopic (exact) mass is 566 g/mol. The van der Waals surface area contributed by atoms with E-state index in [-0.39, 0.29) is 11.3 Å². The van der Waals surface area contributed by atoms with E-state index in [1.54, 1.807) is 14.1 Å². The molecule has 2 fully saturated rings. The van der Waals surface area contributed by atoms with Gasteiger partial charge in [0, 0.05) is 44.5 Å². The van der Waals surface area contributed by atoms with E-state index in [4.69, 9.17) is 25.8 Å². The Labute approximate surface area is 242 Å². The Balaban J connectivity index is 1.31. The van der Waals surface area contributed by atoms with Gasteiger partial charge in [0.05, 0.1) is 19.8 Å². The van der Waals surface area contributed by atoms with Crippen molar-refractivity contribution in [3.8, 4) is 22.8 Å². The maximum Gasteiger partial charge on any atom is 0.414 e. The highest BCUT2D eigenvalue weighted by atomic mass is 35.5. The van der Waals surface area contributed by atoms with Gasteiger partial charge < -0.3 is 24.2 Å². The standard InChI is InChI=1S/C32H39ClN2O5/c1-34(2)30(36)40-28-9-10-29-25(21-28)5-6-26-22-31(37,13-15-33)11-12-32(26,29)14-18-39-27-7-3-24(4-8-27)23-35-16-19-38-20-17-35/h3-4,7-10,21,26,37H,5-6,11-12,14,16-20,22-23H2,1-2H3/t26-,31+,32+/m0/s1. The maximum atomic E-state index is 12.1. The molecule has 7 nitrogen and oxygen atoms in total. The van der Waals surface area contributed by atoms with Gasteiger partial charge in [-0.15, -0.1) is 0 Å². The molecule has 3 atom stereocenters. The van der Waals surface area contributed by atoms with E-state index >= 15 is 0 Å². The normalized spacial score (nSPS) is 26.1. The molecular weight excluding hydrogens is 528 g/mol. The fraction of sp³-hybridized carbons (Fsp3) is 0.531. The molecule has 1 heterocycles. The van der Waals surface area contributed by atoms with E-state index in [0.29, 0.717) is 25.2 Å². The van der Waals surface area contributed by atoms with E-state index in [1.807, 2.05) is 12.1 Å². The van der Waals surface area contributed by atoms with Crippen LogP contribution in [-0.4, -0.2) is 73.6 Å². The predicted molar refractivity (Wildman–Crippen MR) is 155 cm³/mol. The first kappa shape index (κ1) is 28.8. The second kappa shape index (κ2) is 12.4. The minimum absolute atomic E-state index is 0.159. The third kappa shape index (κ3) is 6.42. The second-order valence-electron chi connectivity index (χ2n) is 11.6. The van der Waals surface area contributed by atoms with Crippen LogP contribution in [0.4, 0.5) is 4.79 Å². The zero-order valence-corrected chi connectivity index (χ0v) is 24.2. The summed E-state index contributed by atoms with van der Waals surface area (Å²) in [6, 6.07) is 14.4. The molecule has 1 amide bonds. The van der Waals surface area contributed by atoms with E-state index in [1.165, 1.54) is 21.6 Å². The van der Waals surface area contributed by atoms with Crippen molar-refractivity contribution in [1.29, 1.82) is 0 Å². The molecule has 0 aromatic heterocycles. The number of aliphatic hydroxyl groups is 1. The van der Waals surface area contributed by atoms with Gasteiger partial charge >= 0.3 is 6.09 Å². The minimum Gasteiger partial charge on any atom is -0.494 e. The SMILES string of the molecule is CN(C)C(=O)Oc1ccc2c(c1)CC[C@H]1C[C@](O)(C#CCl)CC[C@]21CCOc1ccc(CN2CCOCC2)cc1. The molecule has 1 saturated carbocycles. The van der Waals surface area contributed by atoms with Gasteiger partial charge in [0.15, 0.2) is 0 Å². The minimum atomic E-state index is -1.06. The Morgan fingerprint density at radius 3 is 2.62 bits per heavy atom. The number of hydrogen-bond acceptors (Lipinski definition) is 6. The van der Waals surface area contributed by atoms with Crippen molar-refractivity contribution in [1.82, 2.24) is 9.80 Å². The number of benzene rings is 2. The maximum absolute atomic E-state index is 12.1. The van der Waals surface area contributed by atoms with E-state index < -0.39 is 11.7 Å². The Morgan fingerprint density at radius 2 is 1.90 bits per heavy atom. The van der Waals surface area contributed by atoms with Crippen LogP contribution in [0.15, 0.2) is 42.5 Å². The molecular formula is C32H39ClN2O5. The van der Waals surface area contributed by atoms with Crippen LogP contribution in [0.1, 0.15) is 48.8 Å². The summed E-state index contributed by atoms with van der Waals surface area (Å²) < 4.78 is 17.3. The van der Waals surface area contributed by atoms with Crippen molar-refractivity contribution in [2.45, 2.75) is 56.1 Å². The molecule has 0 spiro atoms. The number of hydrogen-bond donors (Lipinski definition) is 1. The summed E-state index contributed by atoms with van der Waals surface area (Å²) >= 11 is 5.72. The molecule has 1 N–H and O–H groups in total. The van der Waals surface area contributed by atoms with Gasteiger partial charge in [-0.1, -0.05) is 24.1 Å². The van der Waals surface area contributed by atoms with Crippen LogP contribution >= 0.6 is 11.6 Å². The van der Waals surface area contributed by atoms with Crippen molar-refractivity contribution < 1.29 is 24.1 Å². The summed E-state index contributed by atoms with van der Waals surface area (Å²) in [5, 5.41) is 13.6. The number of aryl methyl sites for hydroxylation is 1. The molecule has 2 aromatic rings. The van der Waals surface area contributed by atoms with Gasteiger partial charge in [-0.2, -0.15) is 0 Å². The molecule has 40 heavy (non-hydrogen) atoms. The Kier molecular flexibility index (Phi) is 8.92. The van der Waals surface area contributed by atoms with Crippen LogP contribution in [0.5, 0.6) is 11.5 Å². The molecule has 2 aliphatic carbocycles. The van der Waals surface area contributed by atoms with Crippen molar-refractivity contribution in [2.75, 3.05) is 47.0 Å². The number of halogens is 1. The number of rotatable bonds is 7. The van der Waals surface area contributed by atoms with Gasteiger partial charge in [0.25, 0.3) is 0 Å². The Hall–Kier alpha value is -2.76. The molecule has 3 aliphatic rings. The van der Waals surface area contributed by atoms with E-state index in [0.717, 1.165) is 64.3 Å². The fourth-order valence-electron chi connectivity index (χ4n) is 6.64. The van der Waals surface area contributed by atoms with Crippen LogP contribution in [0.3, 0.4) is 0 Å². The molecule has 0 bridgehead atoms. The van der Waals surface area contributed by atoms with Crippen LogP contribution in [0.2, 0.25) is 0 Å². The Morgan fingerprint density at radius 1 is 1.15 bits per heavy atom. The highest BCUT2D eigenvalue weighted by molar-refractivity contribution is 6.30. The lowest BCUT2D eigenvalue weighted by molar-refractivity contribution is -0.0142. The Bertz CT molecular complexity index is 1250. The van der Waals surface area contributed by atoms with Gasteiger partial charge in [0.1, 0.15) is 17.1 Å². The average Bonchev–Trinajstić information content (AvgIpc) is 2.95. The zero-order valence-electron chi connectivity index (χ0n) is 23.5. The summed E-state index contributed by atoms with van der Waals surface area (Å²) in [6.07, 6.45) is 4.11. The van der Waals surface area contributed by atoms with Crippen LogP contribution in [-0.2, 0) is 23.1 Å². The molecule has 0 radical (unpaired) electrons. The van der Waals surface area contributed by atoms with E-state index in [2.05, 4.69) is 46.5 Å². The predicted octanol–water partition coefficient (Wildman–Crippen LogP) is 4.96. The largest absolute Gasteiger partial charge is 0.494 e.